The minimum atomic E-state index is -0.606. The van der Waals surface area contributed by atoms with Gasteiger partial charge in [-0.3, -0.25) is 4.79 Å². The van der Waals surface area contributed by atoms with Gasteiger partial charge in [0.15, 0.2) is 0 Å². The molecule has 2 aromatic rings. The predicted octanol–water partition coefficient (Wildman–Crippen LogP) is 4.02. The Hall–Kier alpha value is -2.19. The summed E-state index contributed by atoms with van der Waals surface area (Å²) < 4.78 is 14.3. The molecule has 100 valence electrons. The summed E-state index contributed by atoms with van der Waals surface area (Å²) in [4.78, 5) is 12.0. The van der Waals surface area contributed by atoms with Crippen LogP contribution in [0.25, 0.3) is 0 Å². The fourth-order valence-electron chi connectivity index (χ4n) is 1.69. The summed E-state index contributed by atoms with van der Waals surface area (Å²) in [5.74, 6) is -1.15. The lowest BCUT2D eigenvalue weighted by atomic mass is 10.1. The van der Waals surface area contributed by atoms with E-state index in [1.807, 2.05) is 6.07 Å². The third-order valence-electron chi connectivity index (χ3n) is 2.79. The highest BCUT2D eigenvalue weighted by atomic mass is 79.9. The zero-order valence-corrected chi connectivity index (χ0v) is 12.2. The van der Waals surface area contributed by atoms with Gasteiger partial charge in [-0.2, -0.15) is 5.26 Å². The second-order valence-electron chi connectivity index (χ2n) is 4.22. The molecule has 0 fully saturated rings. The Balaban J connectivity index is 2.30. The normalized spacial score (nSPS) is 9.90. The molecule has 0 aliphatic rings. The maximum absolute atomic E-state index is 13.7. The van der Waals surface area contributed by atoms with E-state index in [0.717, 1.165) is 5.56 Å². The highest BCUT2D eigenvalue weighted by Gasteiger charge is 2.13. The van der Waals surface area contributed by atoms with Crippen LogP contribution in [0.15, 0.2) is 40.9 Å². The average molecular weight is 333 g/mol. The van der Waals surface area contributed by atoms with E-state index in [-0.39, 0.29) is 5.56 Å². The molecule has 20 heavy (non-hydrogen) atoms. The van der Waals surface area contributed by atoms with Crippen molar-refractivity contribution in [3.8, 4) is 6.07 Å². The average Bonchev–Trinajstić information content (AvgIpc) is 2.41. The van der Waals surface area contributed by atoms with Gasteiger partial charge in [-0.1, -0.05) is 22.0 Å². The molecule has 0 bridgehead atoms. The molecule has 0 aliphatic heterocycles. The molecule has 3 nitrogen and oxygen atoms in total. The van der Waals surface area contributed by atoms with Crippen molar-refractivity contribution < 1.29 is 9.18 Å². The van der Waals surface area contributed by atoms with E-state index in [0.29, 0.717) is 15.7 Å². The summed E-state index contributed by atoms with van der Waals surface area (Å²) >= 11 is 3.13. The van der Waals surface area contributed by atoms with Crippen molar-refractivity contribution in [3.05, 3.63) is 63.4 Å². The predicted molar refractivity (Wildman–Crippen MR) is 77.9 cm³/mol. The number of benzene rings is 2. The third-order valence-corrected chi connectivity index (χ3v) is 3.28. The Morgan fingerprint density at radius 1 is 1.30 bits per heavy atom. The van der Waals surface area contributed by atoms with Gasteiger partial charge >= 0.3 is 0 Å². The molecular weight excluding hydrogens is 323 g/mol. The van der Waals surface area contributed by atoms with Crippen molar-refractivity contribution in [2.45, 2.75) is 6.92 Å². The van der Waals surface area contributed by atoms with Crippen LogP contribution < -0.4 is 5.32 Å². The van der Waals surface area contributed by atoms with E-state index in [1.54, 1.807) is 31.2 Å². The van der Waals surface area contributed by atoms with Crippen LogP contribution in [0.5, 0.6) is 0 Å². The lowest BCUT2D eigenvalue weighted by molar-refractivity contribution is 0.102. The number of nitriles is 1. The number of anilines is 1. The Kier molecular flexibility index (Phi) is 4.16. The molecule has 0 aromatic heterocycles. The number of aryl methyl sites for hydroxylation is 1. The quantitative estimate of drug-likeness (QED) is 0.902. The van der Waals surface area contributed by atoms with E-state index < -0.39 is 11.7 Å². The Morgan fingerprint density at radius 2 is 2.05 bits per heavy atom. The van der Waals surface area contributed by atoms with Crippen LogP contribution in [0.1, 0.15) is 21.5 Å². The minimum Gasteiger partial charge on any atom is -0.322 e. The topological polar surface area (TPSA) is 52.9 Å². The first-order chi connectivity index (χ1) is 9.51. The smallest absolute Gasteiger partial charge is 0.258 e. The summed E-state index contributed by atoms with van der Waals surface area (Å²) in [5.41, 5.74) is 1.68. The van der Waals surface area contributed by atoms with Gasteiger partial charge in [-0.05, 0) is 42.8 Å². The SMILES string of the molecule is Cc1ccc(C#N)cc1NC(=O)c1ccc(Br)cc1F. The van der Waals surface area contributed by atoms with Crippen molar-refractivity contribution in [1.29, 1.82) is 5.26 Å². The van der Waals surface area contributed by atoms with Crippen LogP contribution in [0, 0.1) is 24.1 Å². The molecule has 0 atom stereocenters. The van der Waals surface area contributed by atoms with Crippen molar-refractivity contribution >= 4 is 27.5 Å². The van der Waals surface area contributed by atoms with Crippen LogP contribution in [-0.2, 0) is 0 Å². The second-order valence-corrected chi connectivity index (χ2v) is 5.14. The van der Waals surface area contributed by atoms with E-state index in [4.69, 9.17) is 5.26 Å². The number of carbonyl (C=O) groups is 1. The van der Waals surface area contributed by atoms with Gasteiger partial charge in [-0.15, -0.1) is 0 Å². The zero-order chi connectivity index (χ0) is 14.7. The fourth-order valence-corrected chi connectivity index (χ4v) is 2.02. The number of halogens is 2. The molecular formula is C15H10BrFN2O. The highest BCUT2D eigenvalue weighted by molar-refractivity contribution is 9.10. The largest absolute Gasteiger partial charge is 0.322 e. The molecule has 0 heterocycles. The number of hydrogen-bond donors (Lipinski definition) is 1. The van der Waals surface area contributed by atoms with Gasteiger partial charge in [-0.25, -0.2) is 4.39 Å². The third kappa shape index (κ3) is 3.03. The van der Waals surface area contributed by atoms with E-state index in [2.05, 4.69) is 21.2 Å². The number of amides is 1. The Morgan fingerprint density at radius 3 is 2.70 bits per heavy atom. The first kappa shape index (κ1) is 14.2. The monoisotopic (exact) mass is 332 g/mol. The fraction of sp³-hybridized carbons (Fsp3) is 0.0667. The molecule has 0 radical (unpaired) electrons. The standard InChI is InChI=1S/C15H10BrFN2O/c1-9-2-3-10(8-18)6-14(9)19-15(20)12-5-4-11(16)7-13(12)17/h2-7H,1H3,(H,19,20). The molecule has 2 aromatic carbocycles. The maximum Gasteiger partial charge on any atom is 0.258 e. The number of carbonyl (C=O) groups excluding carboxylic acids is 1. The van der Waals surface area contributed by atoms with E-state index >= 15 is 0 Å². The molecule has 2 rings (SSSR count). The van der Waals surface area contributed by atoms with Gasteiger partial charge in [0.05, 0.1) is 17.2 Å². The minimum absolute atomic E-state index is 0.0463. The van der Waals surface area contributed by atoms with Gasteiger partial charge in [0.2, 0.25) is 0 Å². The van der Waals surface area contributed by atoms with Crippen molar-refractivity contribution in [2.75, 3.05) is 5.32 Å². The molecule has 0 saturated carbocycles. The molecule has 1 amide bonds. The van der Waals surface area contributed by atoms with Crippen molar-refractivity contribution in [1.82, 2.24) is 0 Å². The summed E-state index contributed by atoms with van der Waals surface area (Å²) in [7, 11) is 0. The van der Waals surface area contributed by atoms with Crippen LogP contribution >= 0.6 is 15.9 Å². The van der Waals surface area contributed by atoms with Gasteiger partial charge in [0, 0.05) is 10.2 Å². The van der Waals surface area contributed by atoms with E-state index in [9.17, 15) is 9.18 Å². The zero-order valence-electron chi connectivity index (χ0n) is 10.6. The lowest BCUT2D eigenvalue weighted by Crippen LogP contribution is -2.14. The number of nitrogens with one attached hydrogen (secondary N) is 1. The first-order valence-electron chi connectivity index (χ1n) is 5.78. The first-order valence-corrected chi connectivity index (χ1v) is 6.57. The lowest BCUT2D eigenvalue weighted by Gasteiger charge is -2.09. The van der Waals surface area contributed by atoms with Crippen LogP contribution in [0.4, 0.5) is 10.1 Å². The molecule has 5 heteroatoms. The van der Waals surface area contributed by atoms with Crippen LogP contribution in [0.3, 0.4) is 0 Å². The van der Waals surface area contributed by atoms with Gasteiger partial charge < -0.3 is 5.32 Å². The van der Waals surface area contributed by atoms with Crippen LogP contribution in [-0.4, -0.2) is 5.91 Å². The molecule has 1 N–H and O–H groups in total. The number of hydrogen-bond acceptors (Lipinski definition) is 2. The summed E-state index contributed by atoms with van der Waals surface area (Å²) in [6.45, 7) is 1.80. The van der Waals surface area contributed by atoms with Crippen molar-refractivity contribution in [3.63, 3.8) is 0 Å². The van der Waals surface area contributed by atoms with Gasteiger partial charge in [0.25, 0.3) is 5.91 Å². The van der Waals surface area contributed by atoms with Crippen molar-refractivity contribution in [2.24, 2.45) is 0 Å². The second kappa shape index (κ2) is 5.85. The Labute approximate surface area is 124 Å². The summed E-state index contributed by atoms with van der Waals surface area (Å²) in [6, 6.07) is 11.2. The number of rotatable bonds is 2. The number of nitrogens with zero attached hydrogens (tertiary/aromatic N) is 1. The highest BCUT2D eigenvalue weighted by Crippen LogP contribution is 2.20. The molecule has 0 unspecified atom stereocenters. The van der Waals surface area contributed by atoms with Crippen LogP contribution in [0.2, 0.25) is 0 Å². The maximum atomic E-state index is 13.7. The van der Waals surface area contributed by atoms with Gasteiger partial charge in [0.1, 0.15) is 5.82 Å². The summed E-state index contributed by atoms with van der Waals surface area (Å²) in [5, 5.41) is 11.5. The van der Waals surface area contributed by atoms with E-state index in [1.165, 1.54) is 12.1 Å². The molecule has 0 aliphatic carbocycles. The summed E-state index contributed by atoms with van der Waals surface area (Å²) in [6.07, 6.45) is 0. The Bertz CT molecular complexity index is 722. The molecule has 0 saturated heterocycles. The molecule has 0 spiro atoms.